The van der Waals surface area contributed by atoms with Crippen LogP contribution in [0, 0.1) is 28.4 Å². The zero-order valence-electron chi connectivity index (χ0n) is 10.3. The Morgan fingerprint density at radius 2 is 2.26 bits per heavy atom. The zero-order valence-corrected chi connectivity index (χ0v) is 10.3. The Balaban J connectivity index is 2.95. The Morgan fingerprint density at radius 3 is 2.74 bits per heavy atom. The summed E-state index contributed by atoms with van der Waals surface area (Å²) in [5, 5.41) is 22.1. The summed E-state index contributed by atoms with van der Waals surface area (Å²) in [5.41, 5.74) is 0.954. The first-order valence-electron chi connectivity index (χ1n) is 5.19. The number of nitrogens with zero attached hydrogens (tertiary/aromatic N) is 2. The largest absolute Gasteiger partial charge is 0.465 e. The van der Waals surface area contributed by atoms with Crippen molar-refractivity contribution in [3.63, 3.8) is 0 Å². The van der Waals surface area contributed by atoms with Crippen molar-refractivity contribution in [2.45, 2.75) is 6.92 Å². The second-order valence-corrected chi connectivity index (χ2v) is 3.56. The van der Waals surface area contributed by atoms with Gasteiger partial charge in [0.2, 0.25) is 0 Å². The molecule has 0 fully saturated rings. The summed E-state index contributed by atoms with van der Waals surface area (Å²) in [5.74, 6) is -0.755. The van der Waals surface area contributed by atoms with Crippen LogP contribution in [0.2, 0.25) is 0 Å². The van der Waals surface area contributed by atoms with Crippen molar-refractivity contribution in [1.82, 2.24) is 0 Å². The lowest BCUT2D eigenvalue weighted by Crippen LogP contribution is -2.05. The number of nitro groups is 1. The normalized spacial score (nSPS) is 10.5. The van der Waals surface area contributed by atoms with Gasteiger partial charge in [0.15, 0.2) is 5.57 Å². The molecule has 0 aliphatic carbocycles. The topological polar surface area (TPSA) is 105 Å². The minimum atomic E-state index is -0.755. The van der Waals surface area contributed by atoms with Crippen LogP contribution in [-0.2, 0) is 9.53 Å². The maximum atomic E-state index is 11.2. The average Bonchev–Trinajstić information content (AvgIpc) is 2.40. The van der Waals surface area contributed by atoms with E-state index in [0.29, 0.717) is 11.3 Å². The maximum Gasteiger partial charge on any atom is 0.350 e. The van der Waals surface area contributed by atoms with Crippen molar-refractivity contribution in [1.29, 1.82) is 5.26 Å². The lowest BCUT2D eigenvalue weighted by molar-refractivity contribution is -0.384. The van der Waals surface area contributed by atoms with Gasteiger partial charge in [-0.2, -0.15) is 5.26 Å². The number of non-ortho nitro benzene ring substituents is 1. The van der Waals surface area contributed by atoms with Crippen LogP contribution in [0.25, 0.3) is 0 Å². The summed E-state index contributed by atoms with van der Waals surface area (Å²) in [6.45, 7) is 1.67. The Morgan fingerprint density at radius 1 is 1.58 bits per heavy atom. The number of benzene rings is 1. The predicted octanol–water partition coefficient (Wildman–Crippen LogP) is 1.90. The highest BCUT2D eigenvalue weighted by molar-refractivity contribution is 5.93. The average molecular weight is 261 g/mol. The van der Waals surface area contributed by atoms with Gasteiger partial charge in [-0.1, -0.05) is 0 Å². The molecule has 7 heteroatoms. The van der Waals surface area contributed by atoms with Gasteiger partial charge in [0, 0.05) is 24.0 Å². The zero-order chi connectivity index (χ0) is 14.4. The van der Waals surface area contributed by atoms with Gasteiger partial charge in [0.05, 0.1) is 12.0 Å². The molecule has 19 heavy (non-hydrogen) atoms. The van der Waals surface area contributed by atoms with Crippen LogP contribution in [0.15, 0.2) is 30.0 Å². The Kier molecular flexibility index (Phi) is 4.60. The molecule has 0 bridgehead atoms. The number of esters is 1. The third-order valence-corrected chi connectivity index (χ3v) is 2.32. The second-order valence-electron chi connectivity index (χ2n) is 3.56. The van der Waals surface area contributed by atoms with Crippen molar-refractivity contribution >= 4 is 17.3 Å². The van der Waals surface area contributed by atoms with E-state index >= 15 is 0 Å². The first kappa shape index (κ1) is 14.2. The van der Waals surface area contributed by atoms with Crippen molar-refractivity contribution in [3.8, 4) is 6.07 Å². The van der Waals surface area contributed by atoms with Gasteiger partial charge in [-0.3, -0.25) is 10.1 Å². The number of carbonyl (C=O) groups excluding carboxylic acids is 1. The molecule has 0 aliphatic heterocycles. The van der Waals surface area contributed by atoms with Crippen molar-refractivity contribution in [2.24, 2.45) is 0 Å². The molecular weight excluding hydrogens is 250 g/mol. The van der Waals surface area contributed by atoms with E-state index in [1.54, 1.807) is 13.0 Å². The molecule has 1 rings (SSSR count). The number of nitriles is 1. The smallest absolute Gasteiger partial charge is 0.350 e. The van der Waals surface area contributed by atoms with Crippen LogP contribution >= 0.6 is 0 Å². The van der Waals surface area contributed by atoms with Crippen molar-refractivity contribution in [3.05, 3.63) is 45.6 Å². The van der Waals surface area contributed by atoms with E-state index in [1.165, 1.54) is 31.5 Å². The fourth-order valence-electron chi connectivity index (χ4n) is 1.32. The molecule has 0 aliphatic rings. The van der Waals surface area contributed by atoms with Crippen LogP contribution < -0.4 is 5.32 Å². The van der Waals surface area contributed by atoms with Gasteiger partial charge in [0.1, 0.15) is 6.07 Å². The summed E-state index contributed by atoms with van der Waals surface area (Å²) < 4.78 is 4.41. The first-order chi connectivity index (χ1) is 8.99. The molecule has 1 N–H and O–H groups in total. The fourth-order valence-corrected chi connectivity index (χ4v) is 1.32. The van der Waals surface area contributed by atoms with Gasteiger partial charge >= 0.3 is 5.97 Å². The molecule has 0 saturated heterocycles. The van der Waals surface area contributed by atoms with E-state index in [0.717, 1.165) is 0 Å². The van der Waals surface area contributed by atoms with Gasteiger partial charge in [-0.15, -0.1) is 0 Å². The molecule has 7 nitrogen and oxygen atoms in total. The first-order valence-corrected chi connectivity index (χ1v) is 5.19. The highest BCUT2D eigenvalue weighted by Gasteiger charge is 2.10. The lowest BCUT2D eigenvalue weighted by atomic mass is 10.2. The maximum absolute atomic E-state index is 11.2. The molecule has 0 saturated carbocycles. The Labute approximate surface area is 109 Å². The number of ether oxygens (including phenoxy) is 1. The third kappa shape index (κ3) is 3.54. The number of nitro benzene ring substituents is 1. The van der Waals surface area contributed by atoms with Gasteiger partial charge < -0.3 is 10.1 Å². The molecular formula is C12H11N3O4. The minimum absolute atomic E-state index is 0.0273. The Bertz CT molecular complexity index is 587. The molecule has 1 aromatic carbocycles. The van der Waals surface area contributed by atoms with E-state index in [-0.39, 0.29) is 11.3 Å². The number of carbonyl (C=O) groups is 1. The van der Waals surface area contributed by atoms with Crippen LogP contribution in [-0.4, -0.2) is 18.0 Å². The minimum Gasteiger partial charge on any atom is -0.465 e. The summed E-state index contributed by atoms with van der Waals surface area (Å²) in [6.07, 6.45) is 1.19. The molecule has 0 heterocycles. The summed E-state index contributed by atoms with van der Waals surface area (Å²) >= 11 is 0. The van der Waals surface area contributed by atoms with Gasteiger partial charge in [-0.05, 0) is 18.6 Å². The number of hydrogen-bond acceptors (Lipinski definition) is 6. The van der Waals surface area contributed by atoms with E-state index in [4.69, 9.17) is 5.26 Å². The standard InChI is InChI=1S/C12H11N3O4/c1-8-5-10(15(17)18)3-4-11(8)14-7-9(6-13)12(16)19-2/h3-5,7,14H,1-2H3/b9-7-. The van der Waals surface area contributed by atoms with E-state index in [1.807, 2.05) is 0 Å². The number of rotatable bonds is 4. The number of methoxy groups -OCH3 is 1. The van der Waals surface area contributed by atoms with Crippen LogP contribution in [0.5, 0.6) is 0 Å². The molecule has 0 atom stereocenters. The Hall–Kier alpha value is -2.88. The van der Waals surface area contributed by atoms with Crippen molar-refractivity contribution in [2.75, 3.05) is 12.4 Å². The van der Waals surface area contributed by atoms with Gasteiger partial charge in [-0.25, -0.2) is 4.79 Å². The second kappa shape index (κ2) is 6.16. The highest BCUT2D eigenvalue weighted by Crippen LogP contribution is 2.21. The van der Waals surface area contributed by atoms with E-state index < -0.39 is 10.9 Å². The van der Waals surface area contributed by atoms with Crippen LogP contribution in [0.1, 0.15) is 5.56 Å². The number of hydrogen-bond donors (Lipinski definition) is 1. The predicted molar refractivity (Wildman–Crippen MR) is 67.2 cm³/mol. The summed E-state index contributed by atoms with van der Waals surface area (Å²) in [6, 6.07) is 5.90. The molecule has 0 radical (unpaired) electrons. The lowest BCUT2D eigenvalue weighted by Gasteiger charge is -2.05. The number of nitrogens with one attached hydrogen (secondary N) is 1. The van der Waals surface area contributed by atoms with Gasteiger partial charge in [0.25, 0.3) is 5.69 Å². The molecule has 0 aromatic heterocycles. The summed E-state index contributed by atoms with van der Waals surface area (Å²) in [4.78, 5) is 21.2. The molecule has 0 amide bonds. The highest BCUT2D eigenvalue weighted by atomic mass is 16.6. The number of aryl methyl sites for hydroxylation is 1. The molecule has 98 valence electrons. The van der Waals surface area contributed by atoms with Crippen LogP contribution in [0.4, 0.5) is 11.4 Å². The monoisotopic (exact) mass is 261 g/mol. The van der Waals surface area contributed by atoms with Crippen molar-refractivity contribution < 1.29 is 14.5 Å². The summed E-state index contributed by atoms with van der Waals surface area (Å²) in [7, 11) is 1.17. The molecule has 0 spiro atoms. The fraction of sp³-hybridized carbons (Fsp3) is 0.167. The van der Waals surface area contributed by atoms with E-state index in [9.17, 15) is 14.9 Å². The van der Waals surface area contributed by atoms with E-state index in [2.05, 4.69) is 10.1 Å². The quantitative estimate of drug-likeness (QED) is 0.292. The molecule has 0 unspecified atom stereocenters. The number of anilines is 1. The SMILES string of the molecule is COC(=O)/C(C#N)=C\Nc1ccc([N+](=O)[O-])cc1C. The van der Waals surface area contributed by atoms with Crippen LogP contribution in [0.3, 0.4) is 0 Å². The molecule has 1 aromatic rings. The third-order valence-electron chi connectivity index (χ3n) is 2.32.